The molecule has 0 amide bonds. The van der Waals surface area contributed by atoms with E-state index in [1.807, 2.05) is 0 Å². The van der Waals surface area contributed by atoms with Crippen LogP contribution in [0.4, 0.5) is 4.39 Å². The van der Waals surface area contributed by atoms with Gasteiger partial charge in [-0.1, -0.05) is 19.1 Å². The summed E-state index contributed by atoms with van der Waals surface area (Å²) in [7, 11) is 0. The fourth-order valence-corrected chi connectivity index (χ4v) is 1.61. The normalized spacial score (nSPS) is 14.8. The summed E-state index contributed by atoms with van der Waals surface area (Å²) in [6, 6.07) is 5.88. The lowest BCUT2D eigenvalue weighted by Crippen LogP contribution is -2.30. The van der Waals surface area contributed by atoms with Crippen LogP contribution >= 0.6 is 0 Å². The highest BCUT2D eigenvalue weighted by Crippen LogP contribution is 2.24. The number of hydrogen-bond acceptors (Lipinski definition) is 3. The monoisotopic (exact) mass is 235 g/mol. The lowest BCUT2D eigenvalue weighted by molar-refractivity contribution is 0.0890. The van der Waals surface area contributed by atoms with Crippen LogP contribution in [0.5, 0.6) is 0 Å². The average molecular weight is 235 g/mol. The zero-order valence-corrected chi connectivity index (χ0v) is 9.74. The van der Waals surface area contributed by atoms with Gasteiger partial charge in [0.1, 0.15) is 0 Å². The summed E-state index contributed by atoms with van der Waals surface area (Å²) in [4.78, 5) is 12.0. The molecule has 2 N–H and O–H groups in total. The minimum atomic E-state index is -0.463. The highest BCUT2D eigenvalue weighted by molar-refractivity contribution is 5.99. The standard InChI is InChI=1S/C13H14FNO2/c1-7(8(2)15)12(16)11-6-9-4-3-5-10(14)13(9)17-11/h3-8H,15H2,1-2H3. The van der Waals surface area contributed by atoms with Gasteiger partial charge in [0.2, 0.25) is 5.78 Å². The zero-order chi connectivity index (χ0) is 12.6. The summed E-state index contributed by atoms with van der Waals surface area (Å²) >= 11 is 0. The molecule has 1 heterocycles. The van der Waals surface area contributed by atoms with Crippen molar-refractivity contribution in [1.29, 1.82) is 0 Å². The minimum Gasteiger partial charge on any atom is -0.450 e. The van der Waals surface area contributed by atoms with Gasteiger partial charge >= 0.3 is 0 Å². The molecule has 0 saturated heterocycles. The maximum atomic E-state index is 13.4. The Morgan fingerprint density at radius 2 is 2.12 bits per heavy atom. The van der Waals surface area contributed by atoms with Crippen molar-refractivity contribution in [3.8, 4) is 0 Å². The Kier molecular flexibility index (Phi) is 2.98. The van der Waals surface area contributed by atoms with E-state index in [0.29, 0.717) is 5.39 Å². The first kappa shape index (κ1) is 11.8. The first-order chi connectivity index (χ1) is 8.00. The van der Waals surface area contributed by atoms with Crippen LogP contribution in [-0.4, -0.2) is 11.8 Å². The predicted octanol–water partition coefficient (Wildman–Crippen LogP) is 2.74. The molecule has 1 aromatic heterocycles. The number of fused-ring (bicyclic) bond motifs is 1. The van der Waals surface area contributed by atoms with E-state index >= 15 is 0 Å². The van der Waals surface area contributed by atoms with Gasteiger partial charge in [0.05, 0.1) is 0 Å². The number of nitrogens with two attached hydrogens (primary N) is 1. The molecule has 2 rings (SSSR count). The van der Waals surface area contributed by atoms with Crippen molar-refractivity contribution in [1.82, 2.24) is 0 Å². The zero-order valence-electron chi connectivity index (χ0n) is 9.74. The second-order valence-electron chi connectivity index (χ2n) is 4.28. The molecule has 2 unspecified atom stereocenters. The van der Waals surface area contributed by atoms with Gasteiger partial charge < -0.3 is 10.2 Å². The number of rotatable bonds is 3. The lowest BCUT2D eigenvalue weighted by atomic mass is 9.98. The quantitative estimate of drug-likeness (QED) is 0.832. The molecule has 0 radical (unpaired) electrons. The number of benzene rings is 1. The van der Waals surface area contributed by atoms with Crippen molar-refractivity contribution >= 4 is 16.8 Å². The molecule has 2 aromatic rings. The molecule has 0 saturated carbocycles. The van der Waals surface area contributed by atoms with Crippen LogP contribution in [-0.2, 0) is 0 Å². The van der Waals surface area contributed by atoms with Crippen LogP contribution in [0.1, 0.15) is 24.4 Å². The Hall–Kier alpha value is -1.68. The van der Waals surface area contributed by atoms with Gasteiger partial charge in [-0.15, -0.1) is 0 Å². The molecule has 0 aliphatic carbocycles. The smallest absolute Gasteiger partial charge is 0.202 e. The van der Waals surface area contributed by atoms with Gasteiger partial charge in [0.15, 0.2) is 17.2 Å². The van der Waals surface area contributed by atoms with Crippen molar-refractivity contribution in [2.45, 2.75) is 19.9 Å². The predicted molar refractivity (Wildman–Crippen MR) is 63.3 cm³/mol. The molecule has 0 bridgehead atoms. The van der Waals surface area contributed by atoms with Crippen LogP contribution in [0, 0.1) is 11.7 Å². The van der Waals surface area contributed by atoms with E-state index < -0.39 is 5.82 Å². The molecule has 4 heteroatoms. The van der Waals surface area contributed by atoms with Gasteiger partial charge in [0, 0.05) is 17.3 Å². The molecule has 17 heavy (non-hydrogen) atoms. The molecule has 0 fully saturated rings. The van der Waals surface area contributed by atoms with Crippen molar-refractivity contribution in [3.63, 3.8) is 0 Å². The van der Waals surface area contributed by atoms with Crippen molar-refractivity contribution in [3.05, 3.63) is 35.8 Å². The van der Waals surface area contributed by atoms with Crippen LogP contribution in [0.2, 0.25) is 0 Å². The third-order valence-electron chi connectivity index (χ3n) is 2.94. The Bertz CT molecular complexity index is 560. The molecule has 0 aliphatic heterocycles. The van der Waals surface area contributed by atoms with E-state index in [1.54, 1.807) is 32.0 Å². The average Bonchev–Trinajstić information content (AvgIpc) is 2.72. The van der Waals surface area contributed by atoms with Gasteiger partial charge in [-0.05, 0) is 19.1 Å². The van der Waals surface area contributed by atoms with Gasteiger partial charge in [-0.25, -0.2) is 4.39 Å². The fourth-order valence-electron chi connectivity index (χ4n) is 1.61. The van der Waals surface area contributed by atoms with Gasteiger partial charge in [-0.2, -0.15) is 0 Å². The second kappa shape index (κ2) is 4.30. The SMILES string of the molecule is CC(N)C(C)C(=O)c1cc2cccc(F)c2o1. The first-order valence-electron chi connectivity index (χ1n) is 5.48. The summed E-state index contributed by atoms with van der Waals surface area (Å²) in [5.41, 5.74) is 5.78. The maximum Gasteiger partial charge on any atom is 0.202 e. The van der Waals surface area contributed by atoms with Crippen LogP contribution < -0.4 is 5.73 Å². The number of halogens is 1. The van der Waals surface area contributed by atoms with E-state index in [1.165, 1.54) is 6.07 Å². The van der Waals surface area contributed by atoms with E-state index in [9.17, 15) is 9.18 Å². The number of furan rings is 1. The number of Topliss-reactive ketones (excluding diaryl/α,β-unsaturated/α-hetero) is 1. The fraction of sp³-hybridized carbons (Fsp3) is 0.308. The topological polar surface area (TPSA) is 56.2 Å². The molecular weight excluding hydrogens is 221 g/mol. The largest absolute Gasteiger partial charge is 0.450 e. The maximum absolute atomic E-state index is 13.4. The highest BCUT2D eigenvalue weighted by atomic mass is 19.1. The molecule has 0 aliphatic rings. The second-order valence-corrected chi connectivity index (χ2v) is 4.28. The summed E-state index contributed by atoms with van der Waals surface area (Å²) in [6.07, 6.45) is 0. The number of para-hydroxylation sites is 1. The molecular formula is C13H14FNO2. The summed E-state index contributed by atoms with van der Waals surface area (Å²) in [6.45, 7) is 3.49. The van der Waals surface area contributed by atoms with Crippen molar-refractivity contribution < 1.29 is 13.6 Å². The van der Waals surface area contributed by atoms with Crippen molar-refractivity contribution in [2.75, 3.05) is 0 Å². The number of carbonyl (C=O) groups is 1. The molecule has 0 spiro atoms. The highest BCUT2D eigenvalue weighted by Gasteiger charge is 2.22. The number of carbonyl (C=O) groups excluding carboxylic acids is 1. The van der Waals surface area contributed by atoms with Crippen LogP contribution in [0.25, 0.3) is 11.0 Å². The Labute approximate surface area is 98.4 Å². The number of hydrogen-bond donors (Lipinski definition) is 1. The van der Waals surface area contributed by atoms with E-state index in [2.05, 4.69) is 0 Å². The Morgan fingerprint density at radius 1 is 1.41 bits per heavy atom. The Balaban J connectivity index is 2.44. The lowest BCUT2D eigenvalue weighted by Gasteiger charge is -2.11. The van der Waals surface area contributed by atoms with Crippen molar-refractivity contribution in [2.24, 2.45) is 11.7 Å². The van der Waals surface area contributed by atoms with Gasteiger partial charge in [-0.3, -0.25) is 4.79 Å². The number of ketones is 1. The molecule has 1 aromatic carbocycles. The van der Waals surface area contributed by atoms with E-state index in [0.717, 1.165) is 0 Å². The minimum absolute atomic E-state index is 0.118. The molecule has 3 nitrogen and oxygen atoms in total. The van der Waals surface area contributed by atoms with Crippen LogP contribution in [0.15, 0.2) is 28.7 Å². The Morgan fingerprint density at radius 3 is 2.71 bits per heavy atom. The molecule has 2 atom stereocenters. The van der Waals surface area contributed by atoms with E-state index in [-0.39, 0.29) is 29.1 Å². The summed E-state index contributed by atoms with van der Waals surface area (Å²) < 4.78 is 18.6. The third-order valence-corrected chi connectivity index (χ3v) is 2.94. The molecule has 90 valence electrons. The van der Waals surface area contributed by atoms with Gasteiger partial charge in [0.25, 0.3) is 0 Å². The summed E-state index contributed by atoms with van der Waals surface area (Å²) in [5, 5.41) is 0.588. The van der Waals surface area contributed by atoms with E-state index in [4.69, 9.17) is 10.2 Å². The summed E-state index contributed by atoms with van der Waals surface area (Å²) in [5.74, 6) is -0.848. The first-order valence-corrected chi connectivity index (χ1v) is 5.48. The van der Waals surface area contributed by atoms with Crippen LogP contribution in [0.3, 0.4) is 0 Å². The third kappa shape index (κ3) is 2.08.